The van der Waals surface area contributed by atoms with E-state index in [4.69, 9.17) is 9.84 Å². The van der Waals surface area contributed by atoms with Crippen LogP contribution in [0.2, 0.25) is 0 Å². The van der Waals surface area contributed by atoms with E-state index in [2.05, 4.69) is 0 Å². The molecule has 0 bridgehead atoms. The molecule has 1 aliphatic heterocycles. The molecule has 8 heteroatoms. The van der Waals surface area contributed by atoms with E-state index in [0.717, 1.165) is 0 Å². The van der Waals surface area contributed by atoms with Gasteiger partial charge in [-0.25, -0.2) is 8.42 Å². The van der Waals surface area contributed by atoms with Gasteiger partial charge in [-0.15, -0.1) is 0 Å². The summed E-state index contributed by atoms with van der Waals surface area (Å²) in [6.07, 6.45) is -0.168. The van der Waals surface area contributed by atoms with Crippen LogP contribution in [0.3, 0.4) is 0 Å². The maximum Gasteiger partial charge on any atom is 0.303 e. The highest BCUT2D eigenvalue weighted by molar-refractivity contribution is 7.92. The summed E-state index contributed by atoms with van der Waals surface area (Å²) in [7, 11) is -3.52. The minimum Gasteiger partial charge on any atom is -0.481 e. The summed E-state index contributed by atoms with van der Waals surface area (Å²) in [5.74, 6) is -2.29. The van der Waals surface area contributed by atoms with Gasteiger partial charge in [0, 0.05) is 19.5 Å². The van der Waals surface area contributed by atoms with Crippen LogP contribution >= 0.6 is 0 Å². The van der Waals surface area contributed by atoms with E-state index >= 15 is 0 Å². The van der Waals surface area contributed by atoms with Crippen molar-refractivity contribution in [2.45, 2.75) is 12.8 Å². The molecular weight excluding hydrogens is 262 g/mol. The molecular formula is C10H17NO6S. The predicted molar refractivity (Wildman–Crippen MR) is 62.9 cm³/mol. The van der Waals surface area contributed by atoms with E-state index in [0.29, 0.717) is 26.3 Å². The van der Waals surface area contributed by atoms with Crippen LogP contribution in [-0.4, -0.2) is 68.1 Å². The van der Waals surface area contributed by atoms with Gasteiger partial charge in [-0.2, -0.15) is 0 Å². The van der Waals surface area contributed by atoms with Gasteiger partial charge in [0.15, 0.2) is 9.84 Å². The second-order valence-corrected chi connectivity index (χ2v) is 6.27. The second-order valence-electron chi connectivity index (χ2n) is 4.08. The lowest BCUT2D eigenvalue weighted by molar-refractivity contribution is -0.137. The van der Waals surface area contributed by atoms with Crippen molar-refractivity contribution in [3.63, 3.8) is 0 Å². The molecule has 0 atom stereocenters. The van der Waals surface area contributed by atoms with Crippen LogP contribution in [0, 0.1) is 0 Å². The van der Waals surface area contributed by atoms with Crippen LogP contribution in [-0.2, 0) is 24.2 Å². The van der Waals surface area contributed by atoms with Crippen molar-refractivity contribution in [1.82, 2.24) is 4.90 Å². The fourth-order valence-electron chi connectivity index (χ4n) is 1.61. The first-order valence-electron chi connectivity index (χ1n) is 5.68. The fraction of sp³-hybridized carbons (Fsp3) is 0.800. The zero-order valence-corrected chi connectivity index (χ0v) is 10.8. The number of sulfone groups is 1. The Balaban J connectivity index is 2.39. The van der Waals surface area contributed by atoms with Gasteiger partial charge < -0.3 is 14.7 Å². The number of nitrogens with zero attached hydrogens (tertiary/aromatic N) is 1. The number of ether oxygens (including phenoxy) is 1. The Morgan fingerprint density at radius 3 is 2.39 bits per heavy atom. The third-order valence-electron chi connectivity index (χ3n) is 2.55. The average molecular weight is 279 g/mol. The molecule has 18 heavy (non-hydrogen) atoms. The summed E-state index contributed by atoms with van der Waals surface area (Å²) >= 11 is 0. The Hall–Kier alpha value is -1.15. The molecule has 0 aromatic carbocycles. The molecule has 104 valence electrons. The van der Waals surface area contributed by atoms with Crippen molar-refractivity contribution in [3.05, 3.63) is 0 Å². The standard InChI is InChI=1S/C10H17NO6S/c12-9(11-3-5-17-6-4-11)8-18(15,16)7-1-2-10(13)14/h1-8H2,(H,13,14). The highest BCUT2D eigenvalue weighted by Gasteiger charge is 2.23. The van der Waals surface area contributed by atoms with Gasteiger partial charge in [-0.1, -0.05) is 0 Å². The van der Waals surface area contributed by atoms with Gasteiger partial charge in [0.25, 0.3) is 0 Å². The molecule has 1 fully saturated rings. The predicted octanol–water partition coefficient (Wildman–Crippen LogP) is -0.875. The molecule has 1 N–H and O–H groups in total. The highest BCUT2D eigenvalue weighted by Crippen LogP contribution is 2.03. The number of hydrogen-bond acceptors (Lipinski definition) is 5. The molecule has 0 aliphatic carbocycles. The molecule has 0 aromatic rings. The summed E-state index contributed by atoms with van der Waals surface area (Å²) in [5, 5.41) is 8.41. The number of morpholine rings is 1. The van der Waals surface area contributed by atoms with E-state index in [1.54, 1.807) is 0 Å². The minimum absolute atomic E-state index is 0.0358. The number of carbonyl (C=O) groups is 2. The maximum absolute atomic E-state index is 11.7. The first-order chi connectivity index (χ1) is 8.41. The number of hydrogen-bond donors (Lipinski definition) is 1. The first kappa shape index (κ1) is 14.9. The van der Waals surface area contributed by atoms with Crippen LogP contribution in [0.5, 0.6) is 0 Å². The lowest BCUT2D eigenvalue weighted by Gasteiger charge is -2.26. The molecule has 0 spiro atoms. The minimum atomic E-state index is -3.52. The van der Waals surface area contributed by atoms with E-state index in [-0.39, 0.29) is 18.6 Å². The summed E-state index contributed by atoms with van der Waals surface area (Å²) in [5.41, 5.74) is 0. The van der Waals surface area contributed by atoms with Crippen molar-refractivity contribution in [1.29, 1.82) is 0 Å². The number of amides is 1. The molecule has 7 nitrogen and oxygen atoms in total. The van der Waals surface area contributed by atoms with E-state index in [9.17, 15) is 18.0 Å². The zero-order chi connectivity index (χ0) is 13.6. The molecule has 0 aromatic heterocycles. The third-order valence-corrected chi connectivity index (χ3v) is 4.15. The van der Waals surface area contributed by atoms with E-state index in [1.807, 2.05) is 0 Å². The SMILES string of the molecule is O=C(O)CCCS(=O)(=O)CC(=O)N1CCOCC1. The fourth-order valence-corrected chi connectivity index (χ4v) is 2.89. The topological polar surface area (TPSA) is 101 Å². The van der Waals surface area contributed by atoms with Gasteiger partial charge in [0.1, 0.15) is 5.75 Å². The van der Waals surface area contributed by atoms with Crippen LogP contribution in [0.15, 0.2) is 0 Å². The molecule has 0 saturated carbocycles. The van der Waals surface area contributed by atoms with E-state index < -0.39 is 27.5 Å². The summed E-state index contributed by atoms with van der Waals surface area (Å²) < 4.78 is 28.2. The molecule has 0 unspecified atom stereocenters. The summed E-state index contributed by atoms with van der Waals surface area (Å²) in [6.45, 7) is 1.66. The van der Waals surface area contributed by atoms with Crippen molar-refractivity contribution in [3.8, 4) is 0 Å². The van der Waals surface area contributed by atoms with Crippen molar-refractivity contribution >= 4 is 21.7 Å². The number of rotatable bonds is 6. The molecule has 1 heterocycles. The van der Waals surface area contributed by atoms with Crippen LogP contribution in [0.4, 0.5) is 0 Å². The summed E-state index contributed by atoms with van der Waals surface area (Å²) in [4.78, 5) is 23.4. The Labute approximate surface area is 106 Å². The van der Waals surface area contributed by atoms with Crippen molar-refractivity contribution in [2.24, 2.45) is 0 Å². The number of carbonyl (C=O) groups excluding carboxylic acids is 1. The number of aliphatic carboxylic acids is 1. The average Bonchev–Trinajstić information content (AvgIpc) is 2.28. The van der Waals surface area contributed by atoms with Crippen LogP contribution < -0.4 is 0 Å². The Morgan fingerprint density at radius 2 is 1.83 bits per heavy atom. The van der Waals surface area contributed by atoms with Gasteiger partial charge in [0.05, 0.1) is 19.0 Å². The second kappa shape index (κ2) is 6.69. The monoisotopic (exact) mass is 279 g/mol. The zero-order valence-electron chi connectivity index (χ0n) is 10.0. The normalized spacial score (nSPS) is 16.6. The maximum atomic E-state index is 11.7. The lowest BCUT2D eigenvalue weighted by atomic mass is 10.3. The Bertz CT molecular complexity index is 399. The van der Waals surface area contributed by atoms with Crippen LogP contribution in [0.25, 0.3) is 0 Å². The van der Waals surface area contributed by atoms with E-state index in [1.165, 1.54) is 4.90 Å². The lowest BCUT2D eigenvalue weighted by Crippen LogP contribution is -2.43. The highest BCUT2D eigenvalue weighted by atomic mass is 32.2. The van der Waals surface area contributed by atoms with Crippen molar-refractivity contribution in [2.75, 3.05) is 37.8 Å². The molecule has 1 amide bonds. The van der Waals surface area contributed by atoms with Crippen molar-refractivity contribution < 1.29 is 27.9 Å². The molecule has 1 saturated heterocycles. The molecule has 0 radical (unpaired) electrons. The van der Waals surface area contributed by atoms with Gasteiger partial charge >= 0.3 is 5.97 Å². The quantitative estimate of drug-likeness (QED) is 0.678. The van der Waals surface area contributed by atoms with Gasteiger partial charge in [0.2, 0.25) is 5.91 Å². The molecule has 1 aliphatic rings. The molecule has 1 rings (SSSR count). The summed E-state index contributed by atoms with van der Waals surface area (Å²) in [6, 6.07) is 0. The Kier molecular flexibility index (Phi) is 5.54. The van der Waals surface area contributed by atoms with Crippen LogP contribution in [0.1, 0.15) is 12.8 Å². The first-order valence-corrected chi connectivity index (χ1v) is 7.50. The third kappa shape index (κ3) is 5.46. The largest absolute Gasteiger partial charge is 0.481 e. The Morgan fingerprint density at radius 1 is 1.22 bits per heavy atom. The van der Waals surface area contributed by atoms with Gasteiger partial charge in [-0.05, 0) is 6.42 Å². The smallest absolute Gasteiger partial charge is 0.303 e. The number of carboxylic acid groups (broad SMARTS) is 1. The van der Waals surface area contributed by atoms with Gasteiger partial charge in [-0.3, -0.25) is 9.59 Å². The number of carboxylic acids is 1.